The van der Waals surface area contributed by atoms with Crippen LogP contribution >= 0.6 is 11.6 Å². The largest absolute Gasteiger partial charge is 0.481 e. The van der Waals surface area contributed by atoms with Gasteiger partial charge in [-0.3, -0.25) is 4.79 Å². The van der Waals surface area contributed by atoms with Gasteiger partial charge >= 0.3 is 12.0 Å². The molecule has 0 bridgehead atoms. The van der Waals surface area contributed by atoms with Gasteiger partial charge in [-0.25, -0.2) is 4.79 Å². The molecule has 0 aromatic heterocycles. The van der Waals surface area contributed by atoms with Gasteiger partial charge in [0, 0.05) is 16.2 Å². The van der Waals surface area contributed by atoms with E-state index in [1.54, 1.807) is 38.1 Å². The van der Waals surface area contributed by atoms with Crippen LogP contribution in [-0.2, 0) is 4.79 Å². The maximum Gasteiger partial charge on any atom is 0.319 e. The van der Waals surface area contributed by atoms with E-state index in [4.69, 9.17) is 16.7 Å². The summed E-state index contributed by atoms with van der Waals surface area (Å²) in [5, 5.41) is 14.4. The monoisotopic (exact) mass is 270 g/mol. The SMILES string of the molecule is CC(C)(CC(=O)O)NC(=O)Nc1cccc(Cl)c1. The summed E-state index contributed by atoms with van der Waals surface area (Å²) >= 11 is 5.78. The molecule has 0 unspecified atom stereocenters. The number of carbonyl (C=O) groups is 2. The second-order valence-corrected chi connectivity index (χ2v) is 4.98. The molecule has 5 nitrogen and oxygen atoms in total. The number of benzene rings is 1. The number of urea groups is 1. The summed E-state index contributed by atoms with van der Waals surface area (Å²) in [6.07, 6.45) is -0.157. The Balaban J connectivity index is 2.59. The van der Waals surface area contributed by atoms with Gasteiger partial charge in [0.2, 0.25) is 0 Å². The molecule has 1 aromatic carbocycles. The van der Waals surface area contributed by atoms with Crippen LogP contribution in [0, 0.1) is 0 Å². The molecule has 1 rings (SSSR count). The van der Waals surface area contributed by atoms with Crippen LogP contribution < -0.4 is 10.6 Å². The third-order valence-electron chi connectivity index (χ3n) is 2.13. The van der Waals surface area contributed by atoms with Crippen molar-refractivity contribution in [2.75, 3.05) is 5.32 Å². The molecule has 6 heteroatoms. The zero-order chi connectivity index (χ0) is 13.8. The number of nitrogens with one attached hydrogen (secondary N) is 2. The van der Waals surface area contributed by atoms with Gasteiger partial charge in [0.15, 0.2) is 0 Å². The molecule has 0 atom stereocenters. The lowest BCUT2D eigenvalue weighted by Crippen LogP contribution is -2.46. The van der Waals surface area contributed by atoms with Crippen molar-refractivity contribution in [1.82, 2.24) is 5.32 Å². The van der Waals surface area contributed by atoms with E-state index in [9.17, 15) is 9.59 Å². The summed E-state index contributed by atoms with van der Waals surface area (Å²) in [5.74, 6) is -0.969. The van der Waals surface area contributed by atoms with E-state index in [1.165, 1.54) is 0 Å². The number of carbonyl (C=O) groups excluding carboxylic acids is 1. The third kappa shape index (κ3) is 5.05. The minimum atomic E-state index is -0.969. The number of hydrogen-bond donors (Lipinski definition) is 3. The van der Waals surface area contributed by atoms with Crippen LogP contribution in [0.3, 0.4) is 0 Å². The zero-order valence-electron chi connectivity index (χ0n) is 10.2. The highest BCUT2D eigenvalue weighted by Crippen LogP contribution is 2.15. The molecule has 0 radical (unpaired) electrons. The van der Waals surface area contributed by atoms with E-state index in [0.29, 0.717) is 10.7 Å². The highest BCUT2D eigenvalue weighted by Gasteiger charge is 2.23. The molecule has 0 aliphatic rings. The normalized spacial score (nSPS) is 10.8. The van der Waals surface area contributed by atoms with Gasteiger partial charge in [-0.15, -0.1) is 0 Å². The van der Waals surface area contributed by atoms with Crippen LogP contribution in [0.1, 0.15) is 20.3 Å². The van der Waals surface area contributed by atoms with Crippen LogP contribution in [0.25, 0.3) is 0 Å². The first-order chi connectivity index (χ1) is 8.28. The van der Waals surface area contributed by atoms with Crippen molar-refractivity contribution in [2.45, 2.75) is 25.8 Å². The summed E-state index contributed by atoms with van der Waals surface area (Å²) in [6.45, 7) is 3.28. The fourth-order valence-electron chi connectivity index (χ4n) is 1.46. The molecule has 3 N–H and O–H groups in total. The van der Waals surface area contributed by atoms with Gasteiger partial charge < -0.3 is 15.7 Å². The lowest BCUT2D eigenvalue weighted by molar-refractivity contribution is -0.138. The summed E-state index contributed by atoms with van der Waals surface area (Å²) in [5.41, 5.74) is -0.278. The lowest BCUT2D eigenvalue weighted by Gasteiger charge is -2.24. The molecule has 0 saturated heterocycles. The van der Waals surface area contributed by atoms with Gasteiger partial charge in [-0.05, 0) is 32.0 Å². The fourth-order valence-corrected chi connectivity index (χ4v) is 1.65. The number of carboxylic acids is 1. The molecule has 0 spiro atoms. The molecular formula is C12H15ClN2O3. The van der Waals surface area contributed by atoms with Crippen molar-refractivity contribution < 1.29 is 14.7 Å². The van der Waals surface area contributed by atoms with Crippen LogP contribution in [-0.4, -0.2) is 22.6 Å². The van der Waals surface area contributed by atoms with Crippen LogP contribution in [0.4, 0.5) is 10.5 Å². The maximum atomic E-state index is 11.7. The number of hydrogen-bond acceptors (Lipinski definition) is 2. The quantitative estimate of drug-likeness (QED) is 0.787. The first-order valence-corrected chi connectivity index (χ1v) is 5.73. The molecular weight excluding hydrogens is 256 g/mol. The molecule has 98 valence electrons. The average Bonchev–Trinajstić information content (AvgIpc) is 2.13. The van der Waals surface area contributed by atoms with Crippen molar-refractivity contribution in [3.8, 4) is 0 Å². The highest BCUT2D eigenvalue weighted by atomic mass is 35.5. The predicted molar refractivity (Wildman–Crippen MR) is 69.9 cm³/mol. The van der Waals surface area contributed by atoms with E-state index in [0.717, 1.165) is 0 Å². The van der Waals surface area contributed by atoms with E-state index < -0.39 is 17.5 Å². The van der Waals surface area contributed by atoms with Crippen molar-refractivity contribution in [3.05, 3.63) is 29.3 Å². The van der Waals surface area contributed by atoms with E-state index in [2.05, 4.69) is 10.6 Å². The molecule has 0 aliphatic carbocycles. The summed E-state index contributed by atoms with van der Waals surface area (Å²) < 4.78 is 0. The predicted octanol–water partition coefficient (Wildman–Crippen LogP) is 2.71. The maximum absolute atomic E-state index is 11.7. The third-order valence-corrected chi connectivity index (χ3v) is 2.36. The summed E-state index contributed by atoms with van der Waals surface area (Å²) in [6, 6.07) is 6.23. The Hall–Kier alpha value is -1.75. The Bertz CT molecular complexity index is 460. The number of carboxylic acid groups (broad SMARTS) is 1. The van der Waals surface area contributed by atoms with Gasteiger partial charge in [-0.2, -0.15) is 0 Å². The van der Waals surface area contributed by atoms with E-state index in [-0.39, 0.29) is 6.42 Å². The first kappa shape index (κ1) is 14.3. The van der Waals surface area contributed by atoms with E-state index in [1.807, 2.05) is 0 Å². The number of anilines is 1. The van der Waals surface area contributed by atoms with E-state index >= 15 is 0 Å². The molecule has 1 aromatic rings. The molecule has 2 amide bonds. The Morgan fingerprint density at radius 3 is 2.61 bits per heavy atom. The zero-order valence-corrected chi connectivity index (χ0v) is 10.9. The van der Waals surface area contributed by atoms with Crippen molar-refractivity contribution >= 4 is 29.3 Å². The van der Waals surface area contributed by atoms with Gasteiger partial charge in [0.05, 0.1) is 6.42 Å². The Morgan fingerprint density at radius 1 is 1.39 bits per heavy atom. The fraction of sp³-hybridized carbons (Fsp3) is 0.333. The second-order valence-electron chi connectivity index (χ2n) is 4.54. The van der Waals surface area contributed by atoms with Crippen molar-refractivity contribution in [3.63, 3.8) is 0 Å². The van der Waals surface area contributed by atoms with Gasteiger partial charge in [-0.1, -0.05) is 17.7 Å². The van der Waals surface area contributed by atoms with Gasteiger partial charge in [0.25, 0.3) is 0 Å². The van der Waals surface area contributed by atoms with Crippen molar-refractivity contribution in [2.24, 2.45) is 0 Å². The Labute approximate surface area is 110 Å². The lowest BCUT2D eigenvalue weighted by atomic mass is 10.0. The minimum Gasteiger partial charge on any atom is -0.481 e. The molecule has 0 aliphatic heterocycles. The van der Waals surface area contributed by atoms with Crippen LogP contribution in [0.5, 0.6) is 0 Å². The van der Waals surface area contributed by atoms with Crippen LogP contribution in [0.15, 0.2) is 24.3 Å². The highest BCUT2D eigenvalue weighted by molar-refractivity contribution is 6.30. The summed E-state index contributed by atoms with van der Waals surface area (Å²) in [7, 11) is 0. The first-order valence-electron chi connectivity index (χ1n) is 5.35. The van der Waals surface area contributed by atoms with Crippen LogP contribution in [0.2, 0.25) is 5.02 Å². The molecule has 0 fully saturated rings. The number of rotatable bonds is 4. The Morgan fingerprint density at radius 2 is 2.06 bits per heavy atom. The molecule has 0 heterocycles. The van der Waals surface area contributed by atoms with Crippen molar-refractivity contribution in [1.29, 1.82) is 0 Å². The second kappa shape index (κ2) is 5.73. The summed E-state index contributed by atoms with van der Waals surface area (Å²) in [4.78, 5) is 22.3. The topological polar surface area (TPSA) is 78.4 Å². The standard InChI is InChI=1S/C12H15ClN2O3/c1-12(2,7-10(16)17)15-11(18)14-9-5-3-4-8(13)6-9/h3-6H,7H2,1-2H3,(H,16,17)(H2,14,15,18). The number of aliphatic carboxylic acids is 1. The average molecular weight is 271 g/mol. The molecule has 0 saturated carbocycles. The van der Waals surface area contributed by atoms with Gasteiger partial charge in [0.1, 0.15) is 0 Å². The Kier molecular flexibility index (Phi) is 4.55. The minimum absolute atomic E-state index is 0.157. The molecule has 18 heavy (non-hydrogen) atoms. The number of halogens is 1. The number of amides is 2. The smallest absolute Gasteiger partial charge is 0.319 e.